The number of hydrogen-bond acceptors (Lipinski definition) is 4. The smallest absolute Gasteiger partial charge is 0.275 e. The van der Waals surface area contributed by atoms with Gasteiger partial charge in [-0.15, -0.1) is 11.6 Å². The lowest BCUT2D eigenvalue weighted by Gasteiger charge is -2.36. The van der Waals surface area contributed by atoms with Gasteiger partial charge < -0.3 is 0 Å². The lowest BCUT2D eigenvalue weighted by Crippen LogP contribution is -2.57. The van der Waals surface area contributed by atoms with Gasteiger partial charge in [-0.1, -0.05) is 42.8 Å². The number of imide groups is 1. The van der Waals surface area contributed by atoms with Crippen molar-refractivity contribution in [3.05, 3.63) is 82.6 Å². The van der Waals surface area contributed by atoms with Gasteiger partial charge in [0.15, 0.2) is 5.78 Å². The minimum atomic E-state index is -1.29. The maximum absolute atomic E-state index is 13.9. The van der Waals surface area contributed by atoms with E-state index in [1.165, 1.54) is 24.3 Å². The van der Waals surface area contributed by atoms with E-state index in [2.05, 4.69) is 0 Å². The Morgan fingerprint density at radius 2 is 1.80 bits per heavy atom. The highest BCUT2D eigenvalue weighted by Gasteiger charge is 2.54. The van der Waals surface area contributed by atoms with Crippen LogP contribution in [0.2, 0.25) is 5.02 Å². The van der Waals surface area contributed by atoms with Crippen LogP contribution in [0.1, 0.15) is 40.5 Å². The summed E-state index contributed by atoms with van der Waals surface area (Å²) in [5, 5.41) is 1.82. The van der Waals surface area contributed by atoms with Crippen molar-refractivity contribution in [1.29, 1.82) is 0 Å². The molecule has 4 rings (SSSR count). The van der Waals surface area contributed by atoms with E-state index in [9.17, 15) is 23.6 Å². The Kier molecular flexibility index (Phi) is 7.38. The number of amides is 3. The maximum Gasteiger partial charge on any atom is 0.275 e. The summed E-state index contributed by atoms with van der Waals surface area (Å²) in [4.78, 5) is 54.6. The summed E-state index contributed by atoms with van der Waals surface area (Å²) in [6.07, 6.45) is 4.03. The highest BCUT2D eigenvalue weighted by atomic mass is 35.5. The normalized spacial score (nSPS) is 22.2. The second-order valence-electron chi connectivity index (χ2n) is 8.64. The summed E-state index contributed by atoms with van der Waals surface area (Å²) < 4.78 is 13.5. The Morgan fingerprint density at radius 3 is 2.43 bits per heavy atom. The number of allylic oxidation sites excluding steroid dienone is 2. The first-order valence-electron chi connectivity index (χ1n) is 11.2. The van der Waals surface area contributed by atoms with Crippen LogP contribution >= 0.6 is 23.2 Å². The van der Waals surface area contributed by atoms with Crippen LogP contribution in [0.15, 0.2) is 60.7 Å². The molecular weight excluding hydrogens is 494 g/mol. The molecule has 1 saturated heterocycles. The zero-order valence-electron chi connectivity index (χ0n) is 18.9. The molecular formula is C26H23Cl2FN2O4. The number of ketones is 1. The zero-order chi connectivity index (χ0) is 25.3. The molecule has 1 aliphatic carbocycles. The first-order valence-corrected chi connectivity index (χ1v) is 12.2. The molecule has 9 heteroatoms. The second-order valence-corrected chi connectivity index (χ2v) is 9.42. The minimum Gasteiger partial charge on any atom is -0.292 e. The first-order chi connectivity index (χ1) is 16.8. The van der Waals surface area contributed by atoms with E-state index in [4.69, 9.17) is 23.2 Å². The van der Waals surface area contributed by atoms with Gasteiger partial charge in [0.25, 0.3) is 17.7 Å². The number of fused-ring (bicyclic) bond motifs is 1. The number of rotatable bonds is 7. The van der Waals surface area contributed by atoms with Crippen molar-refractivity contribution in [3.8, 4) is 0 Å². The lowest BCUT2D eigenvalue weighted by molar-refractivity contribution is -0.156. The standard InChI is InChI=1S/C26H23Cl2FN2O4/c1-15-5-4-7-19-22(15)26(35)31(25(19)34)30(24(33)18-6-2-3-8-20(18)28)21(13-14-27)23(32)16-9-11-17(29)12-10-16/h2-6,8-12,15,19,21-22H,7,13-14H2,1H3/t15-,19+,21+,22-/m1/s1. The highest BCUT2D eigenvalue weighted by Crippen LogP contribution is 2.40. The Morgan fingerprint density at radius 1 is 1.11 bits per heavy atom. The molecule has 0 radical (unpaired) electrons. The van der Waals surface area contributed by atoms with Crippen LogP contribution in [0.25, 0.3) is 0 Å². The van der Waals surface area contributed by atoms with Gasteiger partial charge in [0.1, 0.15) is 11.9 Å². The predicted octanol–water partition coefficient (Wildman–Crippen LogP) is 4.91. The van der Waals surface area contributed by atoms with E-state index in [1.807, 2.05) is 19.1 Å². The average Bonchev–Trinajstić information content (AvgIpc) is 3.10. The average molecular weight is 517 g/mol. The Labute approximate surface area is 212 Å². The van der Waals surface area contributed by atoms with Crippen LogP contribution in [-0.4, -0.2) is 45.4 Å². The molecule has 4 atom stereocenters. The fraction of sp³-hybridized carbons (Fsp3) is 0.308. The number of Topliss-reactive ketones (excluding diaryl/α,β-unsaturated/α-hetero) is 1. The molecule has 6 nitrogen and oxygen atoms in total. The zero-order valence-corrected chi connectivity index (χ0v) is 20.4. The third-order valence-electron chi connectivity index (χ3n) is 6.49. The Balaban J connectivity index is 1.83. The van der Waals surface area contributed by atoms with Crippen molar-refractivity contribution in [1.82, 2.24) is 10.0 Å². The number of halogens is 3. The Hall–Kier alpha value is -3.03. The quantitative estimate of drug-likeness (QED) is 0.226. The number of alkyl halides is 1. The van der Waals surface area contributed by atoms with E-state index in [1.54, 1.807) is 12.1 Å². The molecule has 0 saturated carbocycles. The number of carbonyl (C=O) groups is 4. The van der Waals surface area contributed by atoms with Crippen molar-refractivity contribution in [3.63, 3.8) is 0 Å². The van der Waals surface area contributed by atoms with Crippen LogP contribution < -0.4 is 0 Å². The summed E-state index contributed by atoms with van der Waals surface area (Å²) in [6.45, 7) is 1.84. The molecule has 35 heavy (non-hydrogen) atoms. The van der Waals surface area contributed by atoms with Gasteiger partial charge in [0.05, 0.1) is 22.4 Å². The fourth-order valence-electron chi connectivity index (χ4n) is 4.75. The second kappa shape index (κ2) is 10.3. The molecule has 2 aliphatic rings. The molecule has 0 N–H and O–H groups in total. The molecule has 0 spiro atoms. The third-order valence-corrected chi connectivity index (χ3v) is 7.03. The topological polar surface area (TPSA) is 74.8 Å². The van der Waals surface area contributed by atoms with E-state index in [-0.39, 0.29) is 34.4 Å². The lowest BCUT2D eigenvalue weighted by atomic mass is 9.78. The molecule has 3 amide bonds. The van der Waals surface area contributed by atoms with E-state index in [0.29, 0.717) is 6.42 Å². The molecule has 1 fully saturated rings. The van der Waals surface area contributed by atoms with Crippen molar-refractivity contribution >= 4 is 46.7 Å². The summed E-state index contributed by atoms with van der Waals surface area (Å²) in [6, 6.07) is 9.72. The monoisotopic (exact) mass is 516 g/mol. The van der Waals surface area contributed by atoms with Gasteiger partial charge in [0.2, 0.25) is 0 Å². The van der Waals surface area contributed by atoms with Gasteiger partial charge in [-0.25, -0.2) is 9.40 Å². The van der Waals surface area contributed by atoms with Gasteiger partial charge in [-0.05, 0) is 55.2 Å². The molecule has 0 unspecified atom stereocenters. The largest absolute Gasteiger partial charge is 0.292 e. The highest BCUT2D eigenvalue weighted by molar-refractivity contribution is 6.34. The minimum absolute atomic E-state index is 0.0299. The van der Waals surface area contributed by atoms with Gasteiger partial charge in [-0.3, -0.25) is 19.2 Å². The van der Waals surface area contributed by atoms with E-state index >= 15 is 0 Å². The Bertz CT molecular complexity index is 1200. The van der Waals surface area contributed by atoms with Crippen molar-refractivity contribution in [2.45, 2.75) is 25.8 Å². The predicted molar refractivity (Wildman–Crippen MR) is 129 cm³/mol. The van der Waals surface area contributed by atoms with E-state index < -0.39 is 47.2 Å². The maximum atomic E-state index is 13.9. The number of nitrogens with zero attached hydrogens (tertiary/aromatic N) is 2. The van der Waals surface area contributed by atoms with Crippen molar-refractivity contribution < 1.29 is 23.6 Å². The summed E-state index contributed by atoms with van der Waals surface area (Å²) in [5.74, 6) is -4.53. The van der Waals surface area contributed by atoms with Crippen molar-refractivity contribution in [2.24, 2.45) is 17.8 Å². The first kappa shape index (κ1) is 25.1. The molecule has 1 aliphatic heterocycles. The number of carbonyl (C=O) groups excluding carboxylic acids is 4. The van der Waals surface area contributed by atoms with Crippen LogP contribution in [0, 0.1) is 23.6 Å². The molecule has 0 bridgehead atoms. The van der Waals surface area contributed by atoms with Gasteiger partial charge >= 0.3 is 0 Å². The van der Waals surface area contributed by atoms with Gasteiger partial charge in [0, 0.05) is 11.4 Å². The van der Waals surface area contributed by atoms with E-state index in [0.717, 1.165) is 22.2 Å². The molecule has 1 heterocycles. The fourth-order valence-corrected chi connectivity index (χ4v) is 5.17. The van der Waals surface area contributed by atoms with Crippen LogP contribution in [0.5, 0.6) is 0 Å². The van der Waals surface area contributed by atoms with Crippen molar-refractivity contribution in [2.75, 3.05) is 5.88 Å². The van der Waals surface area contributed by atoms with Crippen LogP contribution in [-0.2, 0) is 9.59 Å². The third kappa shape index (κ3) is 4.62. The number of hydrazine groups is 1. The molecule has 2 aromatic rings. The summed E-state index contributed by atoms with van der Waals surface area (Å²) in [7, 11) is 0. The molecule has 182 valence electrons. The molecule has 2 aromatic carbocycles. The summed E-state index contributed by atoms with van der Waals surface area (Å²) in [5.41, 5.74) is 0.146. The molecule has 0 aromatic heterocycles. The number of hydrogen-bond donors (Lipinski definition) is 0. The number of benzene rings is 2. The SMILES string of the molecule is C[C@@H]1C=CC[C@@H]2C(=O)N(N(C(=O)c3ccccc3Cl)[C@@H](CCCl)C(=O)c3ccc(F)cc3)C(=O)[C@H]12. The van der Waals surface area contributed by atoms with Crippen LogP contribution in [0.4, 0.5) is 4.39 Å². The van der Waals surface area contributed by atoms with Gasteiger partial charge in [-0.2, -0.15) is 5.01 Å². The summed E-state index contributed by atoms with van der Waals surface area (Å²) >= 11 is 12.3. The van der Waals surface area contributed by atoms with Crippen LogP contribution in [0.3, 0.4) is 0 Å².